The summed E-state index contributed by atoms with van der Waals surface area (Å²) in [5, 5.41) is 5.96. The van der Waals surface area contributed by atoms with Crippen LogP contribution in [0.3, 0.4) is 0 Å². The van der Waals surface area contributed by atoms with Crippen LogP contribution < -0.4 is 15.4 Å². The van der Waals surface area contributed by atoms with Gasteiger partial charge < -0.3 is 29.6 Å². The first kappa shape index (κ1) is 23.5. The molecule has 180 valence electrons. The lowest BCUT2D eigenvalue weighted by Gasteiger charge is -2.19. The monoisotopic (exact) mass is 471 g/mol. The molecule has 1 aromatic rings. The van der Waals surface area contributed by atoms with Crippen molar-refractivity contribution in [2.24, 2.45) is 16.8 Å². The SMILES string of the molecule is CCOC(=O)C1C(=O)/C(=C/C2=CNC3N=CC=CC23)OC1Nc1ccc(OCCOC)cc1F. The Balaban J connectivity index is 1.53. The number of hydrogen-bond acceptors (Lipinski definition) is 9. The van der Waals surface area contributed by atoms with Crippen molar-refractivity contribution in [3.8, 4) is 5.75 Å². The zero-order valence-electron chi connectivity index (χ0n) is 18.8. The Morgan fingerprint density at radius 1 is 1.35 bits per heavy atom. The molecule has 0 spiro atoms. The maximum Gasteiger partial charge on any atom is 0.322 e. The number of carbonyl (C=O) groups excluding carboxylic acids is 2. The topological polar surface area (TPSA) is 107 Å². The molecule has 34 heavy (non-hydrogen) atoms. The number of ketones is 1. The third kappa shape index (κ3) is 4.96. The van der Waals surface area contributed by atoms with Crippen molar-refractivity contribution in [1.29, 1.82) is 0 Å². The summed E-state index contributed by atoms with van der Waals surface area (Å²) in [6.45, 7) is 2.38. The van der Waals surface area contributed by atoms with E-state index in [4.69, 9.17) is 18.9 Å². The Morgan fingerprint density at radius 3 is 2.97 bits per heavy atom. The number of aliphatic imine (C=N–C) groups is 1. The van der Waals surface area contributed by atoms with E-state index in [1.165, 1.54) is 12.1 Å². The van der Waals surface area contributed by atoms with E-state index in [9.17, 15) is 14.0 Å². The van der Waals surface area contributed by atoms with Crippen LogP contribution in [0.15, 0.2) is 59.0 Å². The molecule has 0 bridgehead atoms. The van der Waals surface area contributed by atoms with Crippen LogP contribution in [0.1, 0.15) is 6.92 Å². The number of Topliss-reactive ketones (excluding diaryl/α,β-unsaturated/α-hetero) is 1. The van der Waals surface area contributed by atoms with Gasteiger partial charge in [0.15, 0.2) is 17.9 Å². The van der Waals surface area contributed by atoms with Crippen LogP contribution in [-0.2, 0) is 23.8 Å². The molecule has 1 fully saturated rings. The minimum absolute atomic E-state index is 0.00728. The maximum atomic E-state index is 14.7. The van der Waals surface area contributed by atoms with Crippen LogP contribution >= 0.6 is 0 Å². The third-order valence-electron chi connectivity index (χ3n) is 5.51. The standard InChI is InChI=1S/C24H26FN3O6/c1-3-32-24(30)20-21(29)19(11-14-13-27-22-16(14)5-4-8-26-22)34-23(20)28-18-7-6-15(12-17(18)25)33-10-9-31-2/h4-8,11-13,16,20,22-23,27-28H,3,9-10H2,1-2H3/b19-11-. The molecule has 0 amide bonds. The number of hydrogen-bond donors (Lipinski definition) is 2. The molecule has 3 aliphatic heterocycles. The summed E-state index contributed by atoms with van der Waals surface area (Å²) < 4.78 is 35.9. The summed E-state index contributed by atoms with van der Waals surface area (Å²) in [6, 6.07) is 4.23. The fourth-order valence-corrected chi connectivity index (χ4v) is 3.85. The van der Waals surface area contributed by atoms with Crippen molar-refractivity contribution < 1.29 is 32.9 Å². The minimum atomic E-state index is -1.28. The zero-order chi connectivity index (χ0) is 24.1. The second kappa shape index (κ2) is 10.5. The minimum Gasteiger partial charge on any atom is -0.491 e. The molecule has 0 radical (unpaired) electrons. The van der Waals surface area contributed by atoms with Gasteiger partial charge in [-0.1, -0.05) is 6.08 Å². The van der Waals surface area contributed by atoms with Gasteiger partial charge in [-0.05, 0) is 36.8 Å². The van der Waals surface area contributed by atoms with Crippen molar-refractivity contribution in [1.82, 2.24) is 5.32 Å². The van der Waals surface area contributed by atoms with E-state index in [1.54, 1.807) is 38.6 Å². The fraction of sp³-hybridized carbons (Fsp3) is 0.375. The van der Waals surface area contributed by atoms with Gasteiger partial charge in [0.2, 0.25) is 5.78 Å². The van der Waals surface area contributed by atoms with E-state index in [1.807, 2.05) is 12.2 Å². The number of allylic oxidation sites excluding steroid dienone is 3. The molecular weight excluding hydrogens is 445 g/mol. The average Bonchev–Trinajstić information content (AvgIpc) is 3.37. The van der Waals surface area contributed by atoms with Crippen LogP contribution in [0.25, 0.3) is 0 Å². The van der Waals surface area contributed by atoms with Crippen LogP contribution in [0.5, 0.6) is 5.75 Å². The molecule has 0 saturated carbocycles. The van der Waals surface area contributed by atoms with E-state index < -0.39 is 29.7 Å². The zero-order valence-corrected chi connectivity index (χ0v) is 18.8. The van der Waals surface area contributed by atoms with Crippen molar-refractivity contribution in [3.63, 3.8) is 0 Å². The molecule has 3 heterocycles. The van der Waals surface area contributed by atoms with E-state index in [-0.39, 0.29) is 36.7 Å². The highest BCUT2D eigenvalue weighted by molar-refractivity contribution is 6.10. The molecule has 1 aromatic carbocycles. The second-order valence-corrected chi connectivity index (χ2v) is 7.73. The number of ether oxygens (including phenoxy) is 4. The first-order valence-corrected chi connectivity index (χ1v) is 10.9. The number of halogens is 1. The quantitative estimate of drug-likeness (QED) is 0.245. The largest absolute Gasteiger partial charge is 0.491 e. The number of esters is 1. The van der Waals surface area contributed by atoms with Gasteiger partial charge in [0.25, 0.3) is 0 Å². The number of benzene rings is 1. The maximum absolute atomic E-state index is 14.7. The van der Waals surface area contributed by atoms with Gasteiger partial charge in [-0.15, -0.1) is 0 Å². The lowest BCUT2D eigenvalue weighted by atomic mass is 9.96. The van der Waals surface area contributed by atoms with Crippen LogP contribution in [-0.4, -0.2) is 57.3 Å². The second-order valence-electron chi connectivity index (χ2n) is 7.73. The molecule has 4 atom stereocenters. The summed E-state index contributed by atoms with van der Waals surface area (Å²) in [5.41, 5.74) is 0.840. The molecule has 0 aliphatic carbocycles. The summed E-state index contributed by atoms with van der Waals surface area (Å²) in [7, 11) is 1.54. The Morgan fingerprint density at radius 2 is 2.21 bits per heavy atom. The predicted molar refractivity (Wildman–Crippen MR) is 122 cm³/mol. The number of carbonyl (C=O) groups is 2. The van der Waals surface area contributed by atoms with E-state index >= 15 is 0 Å². The Bertz CT molecular complexity index is 1070. The van der Waals surface area contributed by atoms with E-state index in [2.05, 4.69) is 15.6 Å². The van der Waals surface area contributed by atoms with Crippen LogP contribution in [0, 0.1) is 17.7 Å². The lowest BCUT2D eigenvalue weighted by Crippen LogP contribution is -2.36. The first-order chi connectivity index (χ1) is 16.5. The smallest absolute Gasteiger partial charge is 0.322 e. The highest BCUT2D eigenvalue weighted by Crippen LogP contribution is 2.34. The Kier molecular flexibility index (Phi) is 7.27. The number of nitrogens with one attached hydrogen (secondary N) is 2. The average molecular weight is 471 g/mol. The molecule has 4 rings (SSSR count). The molecule has 10 heteroatoms. The predicted octanol–water partition coefficient (Wildman–Crippen LogP) is 2.32. The Labute approximate surface area is 196 Å². The van der Waals surface area contributed by atoms with Gasteiger partial charge in [-0.25, -0.2) is 4.39 Å². The number of nitrogens with zero attached hydrogens (tertiary/aromatic N) is 1. The van der Waals surface area contributed by atoms with Gasteiger partial charge in [0, 0.05) is 31.5 Å². The summed E-state index contributed by atoms with van der Waals surface area (Å²) in [6.07, 6.45) is 7.55. The first-order valence-electron chi connectivity index (χ1n) is 10.9. The molecule has 9 nitrogen and oxygen atoms in total. The molecule has 3 aliphatic rings. The number of dihydropyridines is 1. The van der Waals surface area contributed by atoms with Gasteiger partial charge in [0.1, 0.15) is 24.3 Å². The molecule has 1 saturated heterocycles. The molecular formula is C24H26FN3O6. The third-order valence-corrected chi connectivity index (χ3v) is 5.51. The van der Waals surface area contributed by atoms with Crippen LogP contribution in [0.2, 0.25) is 0 Å². The molecule has 0 aromatic heterocycles. The van der Waals surface area contributed by atoms with Crippen molar-refractivity contribution in [2.75, 3.05) is 32.2 Å². The van der Waals surface area contributed by atoms with Crippen LogP contribution in [0.4, 0.5) is 10.1 Å². The number of methoxy groups -OCH3 is 1. The molecule has 4 unspecified atom stereocenters. The van der Waals surface area contributed by atoms with Crippen molar-refractivity contribution >= 4 is 23.7 Å². The lowest BCUT2D eigenvalue weighted by molar-refractivity contribution is -0.151. The number of fused-ring (bicyclic) bond motifs is 1. The highest BCUT2D eigenvalue weighted by Gasteiger charge is 2.47. The highest BCUT2D eigenvalue weighted by atomic mass is 19.1. The van der Waals surface area contributed by atoms with E-state index in [0.29, 0.717) is 12.4 Å². The fourth-order valence-electron chi connectivity index (χ4n) is 3.85. The van der Waals surface area contributed by atoms with Gasteiger partial charge in [-0.3, -0.25) is 14.6 Å². The Hall–Kier alpha value is -3.66. The summed E-state index contributed by atoms with van der Waals surface area (Å²) in [4.78, 5) is 30.0. The summed E-state index contributed by atoms with van der Waals surface area (Å²) in [5.74, 6) is -2.94. The van der Waals surface area contributed by atoms with Gasteiger partial charge in [-0.2, -0.15) is 0 Å². The van der Waals surface area contributed by atoms with Gasteiger partial charge >= 0.3 is 5.97 Å². The van der Waals surface area contributed by atoms with Crippen molar-refractivity contribution in [3.05, 3.63) is 59.8 Å². The number of anilines is 1. The molecule has 2 N–H and O–H groups in total. The van der Waals surface area contributed by atoms with Crippen molar-refractivity contribution in [2.45, 2.75) is 19.3 Å². The number of rotatable bonds is 9. The summed E-state index contributed by atoms with van der Waals surface area (Å²) >= 11 is 0. The van der Waals surface area contributed by atoms with Gasteiger partial charge in [0.05, 0.1) is 18.9 Å². The normalized spacial score (nSPS) is 26.0. The van der Waals surface area contributed by atoms with E-state index in [0.717, 1.165) is 5.57 Å².